The maximum absolute atomic E-state index is 11.3. The number of benzene rings is 1. The molecule has 1 aromatic carbocycles. The van der Waals surface area contributed by atoms with Gasteiger partial charge < -0.3 is 9.84 Å². The summed E-state index contributed by atoms with van der Waals surface area (Å²) in [6.07, 6.45) is 2.11. The molecule has 2 unspecified atom stereocenters. The van der Waals surface area contributed by atoms with E-state index in [0.29, 0.717) is 23.7 Å². The van der Waals surface area contributed by atoms with Crippen molar-refractivity contribution in [2.45, 2.75) is 38.3 Å². The summed E-state index contributed by atoms with van der Waals surface area (Å²) in [4.78, 5) is 21.9. The molecule has 138 valence electrons. The first-order valence-electron chi connectivity index (χ1n) is 8.56. The van der Waals surface area contributed by atoms with Crippen LogP contribution < -0.4 is 4.74 Å². The van der Waals surface area contributed by atoms with E-state index in [1.54, 1.807) is 0 Å². The van der Waals surface area contributed by atoms with Crippen LogP contribution in [0.2, 0.25) is 5.02 Å². The molecular formula is C19H22ClN3O3. The van der Waals surface area contributed by atoms with E-state index in [2.05, 4.69) is 9.97 Å². The molecule has 1 saturated heterocycles. The molecule has 1 aliphatic heterocycles. The Hall–Kier alpha value is -2.18. The summed E-state index contributed by atoms with van der Waals surface area (Å²) in [6, 6.07) is 7.02. The molecule has 1 aliphatic rings. The van der Waals surface area contributed by atoms with Crippen molar-refractivity contribution in [3.63, 3.8) is 0 Å². The zero-order valence-electron chi connectivity index (χ0n) is 15.0. The van der Waals surface area contributed by atoms with Crippen LogP contribution in [0.25, 0.3) is 11.3 Å². The molecule has 1 N–H and O–H groups in total. The first-order valence-corrected chi connectivity index (χ1v) is 8.94. The Labute approximate surface area is 157 Å². The van der Waals surface area contributed by atoms with Crippen molar-refractivity contribution in [2.75, 3.05) is 13.6 Å². The van der Waals surface area contributed by atoms with Crippen LogP contribution in [0.3, 0.4) is 0 Å². The van der Waals surface area contributed by atoms with Crippen LogP contribution in [-0.4, -0.2) is 51.7 Å². The smallest absolute Gasteiger partial charge is 0.320 e. The summed E-state index contributed by atoms with van der Waals surface area (Å²) < 4.78 is 5.66. The molecule has 0 bridgehead atoms. The number of likely N-dealkylation sites (tertiary alicyclic amines) is 1. The lowest BCUT2D eigenvalue weighted by atomic mass is 10.00. The highest BCUT2D eigenvalue weighted by atomic mass is 35.5. The molecule has 26 heavy (non-hydrogen) atoms. The third kappa shape index (κ3) is 3.97. The minimum Gasteiger partial charge on any atom is -0.489 e. The van der Waals surface area contributed by atoms with Gasteiger partial charge in [-0.25, -0.2) is 9.97 Å². The van der Waals surface area contributed by atoms with Crippen molar-refractivity contribution in [1.82, 2.24) is 14.9 Å². The second-order valence-electron chi connectivity index (χ2n) is 6.87. The van der Waals surface area contributed by atoms with Crippen molar-refractivity contribution in [1.29, 1.82) is 0 Å². The van der Waals surface area contributed by atoms with Crippen LogP contribution in [0, 0.1) is 0 Å². The van der Waals surface area contributed by atoms with E-state index in [1.165, 1.54) is 6.33 Å². The van der Waals surface area contributed by atoms with Crippen LogP contribution in [0.1, 0.15) is 31.9 Å². The molecule has 0 radical (unpaired) electrons. The molecule has 0 spiro atoms. The van der Waals surface area contributed by atoms with Gasteiger partial charge in [-0.3, -0.25) is 9.69 Å². The van der Waals surface area contributed by atoms with Gasteiger partial charge in [0.05, 0.1) is 16.8 Å². The lowest BCUT2D eigenvalue weighted by Gasteiger charge is -2.13. The Bertz CT molecular complexity index is 812. The number of nitrogens with zero attached hydrogens (tertiary/aromatic N) is 3. The summed E-state index contributed by atoms with van der Waals surface area (Å²) in [5, 5.41) is 9.83. The van der Waals surface area contributed by atoms with Crippen molar-refractivity contribution >= 4 is 17.6 Å². The molecular weight excluding hydrogens is 354 g/mol. The zero-order chi connectivity index (χ0) is 18.8. The fourth-order valence-corrected chi connectivity index (χ4v) is 3.49. The molecule has 0 amide bonds. The number of carboxylic acid groups (broad SMARTS) is 1. The van der Waals surface area contributed by atoms with Gasteiger partial charge in [0.1, 0.15) is 18.1 Å². The first kappa shape index (κ1) is 18.6. The predicted octanol–water partition coefficient (Wildman–Crippen LogP) is 3.46. The minimum atomic E-state index is -0.795. The van der Waals surface area contributed by atoms with Gasteiger partial charge in [0, 0.05) is 23.7 Å². The Kier molecular flexibility index (Phi) is 5.44. The molecule has 1 fully saturated rings. The third-order valence-corrected chi connectivity index (χ3v) is 4.83. The lowest BCUT2D eigenvalue weighted by Crippen LogP contribution is -2.32. The number of halogens is 1. The summed E-state index contributed by atoms with van der Waals surface area (Å²) in [7, 11) is 1.83. The number of carbonyl (C=O) groups is 1. The summed E-state index contributed by atoms with van der Waals surface area (Å²) in [5.41, 5.74) is 2.48. The average Bonchev–Trinajstić information content (AvgIpc) is 2.98. The molecule has 2 aromatic rings. The van der Waals surface area contributed by atoms with Gasteiger partial charge in [-0.15, -0.1) is 0 Å². The van der Waals surface area contributed by atoms with E-state index < -0.39 is 12.0 Å². The average molecular weight is 376 g/mol. The Morgan fingerprint density at radius 1 is 1.35 bits per heavy atom. The maximum atomic E-state index is 11.3. The third-order valence-electron chi connectivity index (χ3n) is 4.53. The molecule has 0 aliphatic carbocycles. The summed E-state index contributed by atoms with van der Waals surface area (Å²) in [5.74, 6) is -0.0833. The van der Waals surface area contributed by atoms with E-state index in [-0.39, 0.29) is 12.0 Å². The number of aliphatic carboxylic acids is 1. The van der Waals surface area contributed by atoms with E-state index in [4.69, 9.17) is 16.3 Å². The number of hydrogen-bond donors (Lipinski definition) is 1. The quantitative estimate of drug-likeness (QED) is 0.862. The van der Waals surface area contributed by atoms with Crippen molar-refractivity contribution in [3.8, 4) is 17.0 Å². The van der Waals surface area contributed by atoms with E-state index >= 15 is 0 Å². The van der Waals surface area contributed by atoms with Crippen molar-refractivity contribution < 1.29 is 14.6 Å². The predicted molar refractivity (Wildman–Crippen MR) is 99.7 cm³/mol. The SMILES string of the molecule is CC(C)Oc1ccc(-c2cc(C3CC(C(=O)O)N(C)C3)ncn2)cc1Cl. The monoisotopic (exact) mass is 375 g/mol. The fraction of sp³-hybridized carbons (Fsp3) is 0.421. The van der Waals surface area contributed by atoms with Crippen LogP contribution in [0.5, 0.6) is 5.75 Å². The summed E-state index contributed by atoms with van der Waals surface area (Å²) >= 11 is 6.32. The lowest BCUT2D eigenvalue weighted by molar-refractivity contribution is -0.141. The van der Waals surface area contributed by atoms with Crippen LogP contribution in [0.15, 0.2) is 30.6 Å². The van der Waals surface area contributed by atoms with Crippen LogP contribution >= 0.6 is 11.6 Å². The van der Waals surface area contributed by atoms with Crippen molar-refractivity contribution in [3.05, 3.63) is 41.3 Å². The highest BCUT2D eigenvalue weighted by Crippen LogP contribution is 2.33. The van der Waals surface area contributed by atoms with Gasteiger partial charge in [0.25, 0.3) is 0 Å². The zero-order valence-corrected chi connectivity index (χ0v) is 15.8. The maximum Gasteiger partial charge on any atom is 0.320 e. The van der Waals surface area contributed by atoms with E-state index in [9.17, 15) is 9.90 Å². The van der Waals surface area contributed by atoms with Crippen molar-refractivity contribution in [2.24, 2.45) is 0 Å². The highest BCUT2D eigenvalue weighted by Gasteiger charge is 2.35. The normalized spacial score (nSPS) is 20.5. The number of aromatic nitrogens is 2. The van der Waals surface area contributed by atoms with Gasteiger partial charge >= 0.3 is 5.97 Å². The van der Waals surface area contributed by atoms with Gasteiger partial charge in [-0.05, 0) is 51.6 Å². The number of carboxylic acids is 1. The van der Waals surface area contributed by atoms with E-state index in [0.717, 1.165) is 17.0 Å². The molecule has 1 aromatic heterocycles. The Balaban J connectivity index is 1.84. The number of likely N-dealkylation sites (N-methyl/N-ethyl adjacent to an activating group) is 1. The molecule has 6 nitrogen and oxygen atoms in total. The molecule has 2 atom stereocenters. The molecule has 3 rings (SSSR count). The second kappa shape index (κ2) is 7.60. The van der Waals surface area contributed by atoms with Crippen LogP contribution in [0.4, 0.5) is 0 Å². The van der Waals surface area contributed by atoms with Gasteiger partial charge in [0.2, 0.25) is 0 Å². The highest BCUT2D eigenvalue weighted by molar-refractivity contribution is 6.32. The largest absolute Gasteiger partial charge is 0.489 e. The van der Waals surface area contributed by atoms with Gasteiger partial charge in [-0.1, -0.05) is 11.6 Å². The topological polar surface area (TPSA) is 75.6 Å². The standard InChI is InChI=1S/C19H22ClN3O3/c1-11(2)26-18-5-4-12(6-14(18)20)15-8-16(22-10-21-15)13-7-17(19(24)25)23(3)9-13/h4-6,8,10-11,13,17H,7,9H2,1-3H3,(H,24,25). The Morgan fingerprint density at radius 3 is 2.73 bits per heavy atom. The fourth-order valence-electron chi connectivity index (χ4n) is 3.27. The minimum absolute atomic E-state index is 0.0468. The van der Waals surface area contributed by atoms with Crippen LogP contribution in [-0.2, 0) is 4.79 Å². The number of rotatable bonds is 5. The number of hydrogen-bond acceptors (Lipinski definition) is 5. The summed E-state index contributed by atoms with van der Waals surface area (Å²) in [6.45, 7) is 4.56. The molecule has 7 heteroatoms. The molecule has 2 heterocycles. The van der Waals surface area contributed by atoms with Gasteiger partial charge in [-0.2, -0.15) is 0 Å². The number of ether oxygens (including phenoxy) is 1. The van der Waals surface area contributed by atoms with Gasteiger partial charge in [0.15, 0.2) is 0 Å². The second-order valence-corrected chi connectivity index (χ2v) is 7.27. The van der Waals surface area contributed by atoms with E-state index in [1.807, 2.05) is 50.1 Å². The molecule has 0 saturated carbocycles. The Morgan fingerprint density at radius 2 is 2.12 bits per heavy atom. The first-order chi connectivity index (χ1) is 12.3.